The lowest BCUT2D eigenvalue weighted by atomic mass is 10.3. The first-order chi connectivity index (χ1) is 6.45. The van der Waals surface area contributed by atoms with Crippen LogP contribution in [-0.2, 0) is 16.5 Å². The summed E-state index contributed by atoms with van der Waals surface area (Å²) < 4.78 is 30.7. The third-order valence-electron chi connectivity index (χ3n) is 1.56. The van der Waals surface area contributed by atoms with Gasteiger partial charge in [-0.25, -0.2) is 9.97 Å². The van der Waals surface area contributed by atoms with Crippen LogP contribution < -0.4 is 0 Å². The minimum atomic E-state index is -4.22. The first kappa shape index (κ1) is 11.5. The number of halogens is 1. The smallest absolute Gasteiger partial charge is 0.282 e. The van der Waals surface area contributed by atoms with Gasteiger partial charge in [0, 0.05) is 11.8 Å². The molecule has 1 heterocycles. The molecule has 1 aromatic rings. The van der Waals surface area contributed by atoms with Crippen molar-refractivity contribution in [3.63, 3.8) is 0 Å². The van der Waals surface area contributed by atoms with Crippen LogP contribution in [0, 0.1) is 6.92 Å². The number of alkyl halides is 1. The molecule has 0 aliphatic carbocycles. The summed E-state index contributed by atoms with van der Waals surface area (Å²) in [4.78, 5) is 7.45. The van der Waals surface area contributed by atoms with E-state index in [1.54, 1.807) is 6.92 Å². The minimum absolute atomic E-state index is 0.220. The normalized spacial score (nSPS) is 11.6. The van der Waals surface area contributed by atoms with E-state index in [9.17, 15) is 8.42 Å². The van der Waals surface area contributed by atoms with E-state index in [-0.39, 0.29) is 4.90 Å². The fourth-order valence-corrected chi connectivity index (χ4v) is 2.00. The molecular weight excluding hydrogens is 272 g/mol. The van der Waals surface area contributed by atoms with Gasteiger partial charge in [0.1, 0.15) is 10.7 Å². The van der Waals surface area contributed by atoms with E-state index in [0.29, 0.717) is 23.3 Å². The Morgan fingerprint density at radius 3 is 2.71 bits per heavy atom. The summed E-state index contributed by atoms with van der Waals surface area (Å²) in [5.41, 5.74) is 0.330. The Kier molecular flexibility index (Phi) is 3.57. The summed E-state index contributed by atoms with van der Waals surface area (Å²) in [6.07, 6.45) is 1.55. The number of hydrogen-bond donors (Lipinski definition) is 1. The van der Waals surface area contributed by atoms with Crippen LogP contribution in [0.5, 0.6) is 0 Å². The Balaban J connectivity index is 3.29. The molecule has 1 N–H and O–H groups in total. The molecule has 14 heavy (non-hydrogen) atoms. The first-order valence-electron chi connectivity index (χ1n) is 3.81. The predicted molar refractivity (Wildman–Crippen MR) is 54.1 cm³/mol. The molecule has 0 aliphatic heterocycles. The van der Waals surface area contributed by atoms with Gasteiger partial charge < -0.3 is 0 Å². The summed E-state index contributed by atoms with van der Waals surface area (Å²) in [7, 11) is -4.22. The monoisotopic (exact) mass is 280 g/mol. The second-order valence-electron chi connectivity index (χ2n) is 2.64. The van der Waals surface area contributed by atoms with Crippen molar-refractivity contribution in [1.82, 2.24) is 9.97 Å². The number of rotatable bonds is 3. The van der Waals surface area contributed by atoms with E-state index in [4.69, 9.17) is 4.55 Å². The Bertz CT molecular complexity index is 433. The van der Waals surface area contributed by atoms with Crippen molar-refractivity contribution in [2.45, 2.75) is 18.2 Å². The zero-order valence-corrected chi connectivity index (χ0v) is 9.84. The predicted octanol–water partition coefficient (Wildman–Crippen LogP) is 0.969. The molecule has 7 heteroatoms. The highest BCUT2D eigenvalue weighted by Gasteiger charge is 2.16. The van der Waals surface area contributed by atoms with Gasteiger partial charge in [-0.3, -0.25) is 4.55 Å². The van der Waals surface area contributed by atoms with Crippen LogP contribution in [0.4, 0.5) is 0 Å². The molecule has 0 aromatic carbocycles. The molecule has 0 bridgehead atoms. The molecule has 0 atom stereocenters. The molecule has 0 saturated heterocycles. The maximum absolute atomic E-state index is 10.9. The molecule has 0 unspecified atom stereocenters. The van der Waals surface area contributed by atoms with Crippen LogP contribution in [0.2, 0.25) is 0 Å². The lowest BCUT2D eigenvalue weighted by Gasteiger charge is -2.04. The third kappa shape index (κ3) is 2.73. The standard InChI is InChI=1S/C7H9BrN2O3S/c1-5-9-4-7(14(11,12)13)6(10-5)2-3-8/h4H,2-3H2,1H3,(H,11,12,13). The highest BCUT2D eigenvalue weighted by molar-refractivity contribution is 9.09. The van der Waals surface area contributed by atoms with Crippen molar-refractivity contribution in [2.24, 2.45) is 0 Å². The molecule has 0 amide bonds. The van der Waals surface area contributed by atoms with Gasteiger partial charge in [-0.1, -0.05) is 15.9 Å². The molecular formula is C7H9BrN2O3S. The van der Waals surface area contributed by atoms with Gasteiger partial charge in [-0.05, 0) is 6.92 Å². The quantitative estimate of drug-likeness (QED) is 0.659. The molecule has 5 nitrogen and oxygen atoms in total. The van der Waals surface area contributed by atoms with E-state index in [2.05, 4.69) is 25.9 Å². The van der Waals surface area contributed by atoms with Crippen LogP contribution in [0.3, 0.4) is 0 Å². The number of aromatic nitrogens is 2. The minimum Gasteiger partial charge on any atom is -0.282 e. The zero-order chi connectivity index (χ0) is 10.8. The Morgan fingerprint density at radius 1 is 1.57 bits per heavy atom. The fourth-order valence-electron chi connectivity index (χ4n) is 0.990. The summed E-state index contributed by atoms with van der Waals surface area (Å²) >= 11 is 3.17. The van der Waals surface area contributed by atoms with Crippen LogP contribution in [-0.4, -0.2) is 28.3 Å². The van der Waals surface area contributed by atoms with Crippen molar-refractivity contribution in [3.8, 4) is 0 Å². The van der Waals surface area contributed by atoms with Gasteiger partial charge in [-0.2, -0.15) is 8.42 Å². The van der Waals surface area contributed by atoms with Crippen LogP contribution in [0.15, 0.2) is 11.1 Å². The second-order valence-corrected chi connectivity index (χ2v) is 4.83. The maximum Gasteiger partial charge on any atom is 0.297 e. The Morgan fingerprint density at radius 2 is 2.21 bits per heavy atom. The Hall–Kier alpha value is -0.530. The van der Waals surface area contributed by atoms with Crippen LogP contribution >= 0.6 is 15.9 Å². The van der Waals surface area contributed by atoms with Crippen molar-refractivity contribution < 1.29 is 13.0 Å². The molecule has 0 fully saturated rings. The summed E-state index contributed by atoms with van der Waals surface area (Å²) in [6.45, 7) is 1.66. The van der Waals surface area contributed by atoms with Crippen molar-refractivity contribution in [1.29, 1.82) is 0 Å². The average molecular weight is 281 g/mol. The molecule has 1 aromatic heterocycles. The second kappa shape index (κ2) is 4.33. The van der Waals surface area contributed by atoms with Gasteiger partial charge in [0.25, 0.3) is 10.1 Å². The lowest BCUT2D eigenvalue weighted by Crippen LogP contribution is -2.08. The molecule has 0 radical (unpaired) electrons. The third-order valence-corrected chi connectivity index (χ3v) is 2.85. The largest absolute Gasteiger partial charge is 0.297 e. The van der Waals surface area contributed by atoms with Crippen molar-refractivity contribution in [2.75, 3.05) is 5.33 Å². The van der Waals surface area contributed by atoms with Crippen LogP contribution in [0.1, 0.15) is 11.5 Å². The summed E-state index contributed by atoms with van der Waals surface area (Å²) in [5.74, 6) is 0.480. The van der Waals surface area contributed by atoms with Crippen LogP contribution in [0.25, 0.3) is 0 Å². The molecule has 0 saturated carbocycles. The number of aryl methyl sites for hydroxylation is 2. The van der Waals surface area contributed by atoms with E-state index in [1.165, 1.54) is 0 Å². The van der Waals surface area contributed by atoms with E-state index >= 15 is 0 Å². The fraction of sp³-hybridized carbons (Fsp3) is 0.429. The zero-order valence-electron chi connectivity index (χ0n) is 7.44. The van der Waals surface area contributed by atoms with Gasteiger partial charge in [-0.15, -0.1) is 0 Å². The maximum atomic E-state index is 10.9. The van der Waals surface area contributed by atoms with Gasteiger partial charge in [0.15, 0.2) is 0 Å². The SMILES string of the molecule is Cc1ncc(S(=O)(=O)O)c(CCBr)n1. The molecule has 78 valence electrons. The number of hydrogen-bond acceptors (Lipinski definition) is 4. The topological polar surface area (TPSA) is 80.2 Å². The summed E-state index contributed by atoms with van der Waals surface area (Å²) in [6, 6.07) is 0. The van der Waals surface area contributed by atoms with E-state index < -0.39 is 10.1 Å². The van der Waals surface area contributed by atoms with Gasteiger partial charge in [0.05, 0.1) is 11.9 Å². The summed E-state index contributed by atoms with van der Waals surface area (Å²) in [5, 5.41) is 0.575. The molecule has 0 spiro atoms. The highest BCUT2D eigenvalue weighted by Crippen LogP contribution is 2.13. The lowest BCUT2D eigenvalue weighted by molar-refractivity contribution is 0.481. The Labute approximate surface area is 90.5 Å². The molecule has 1 rings (SSSR count). The van der Waals surface area contributed by atoms with Crippen molar-refractivity contribution in [3.05, 3.63) is 17.7 Å². The first-order valence-corrected chi connectivity index (χ1v) is 6.37. The van der Waals surface area contributed by atoms with Crippen molar-refractivity contribution >= 4 is 26.0 Å². The highest BCUT2D eigenvalue weighted by atomic mass is 79.9. The van der Waals surface area contributed by atoms with E-state index in [1.807, 2.05) is 0 Å². The van der Waals surface area contributed by atoms with E-state index in [0.717, 1.165) is 6.20 Å². The van der Waals surface area contributed by atoms with Gasteiger partial charge in [0.2, 0.25) is 0 Å². The molecule has 0 aliphatic rings. The number of nitrogens with zero attached hydrogens (tertiary/aromatic N) is 2. The van der Waals surface area contributed by atoms with Gasteiger partial charge >= 0.3 is 0 Å². The average Bonchev–Trinajstić information content (AvgIpc) is 2.02.